The molecule has 0 aliphatic carbocycles. The maximum atomic E-state index is 13.4. The van der Waals surface area contributed by atoms with Crippen molar-refractivity contribution in [2.45, 2.75) is 38.6 Å². The maximum Gasteiger partial charge on any atom is 0.340 e. The number of ether oxygens (including phenoxy) is 1. The number of thiophene rings is 1. The minimum Gasteiger partial charge on any atom is -0.462 e. The molecule has 2 aliphatic heterocycles. The van der Waals surface area contributed by atoms with Crippen LogP contribution in [0.3, 0.4) is 0 Å². The number of amides is 1. The molecule has 0 saturated carbocycles. The summed E-state index contributed by atoms with van der Waals surface area (Å²) in [6, 6.07) is 8.24. The predicted octanol–water partition coefficient (Wildman–Crippen LogP) is 5.96. The van der Waals surface area contributed by atoms with Crippen LogP contribution in [0.2, 0.25) is 0 Å². The lowest BCUT2D eigenvalue weighted by molar-refractivity contribution is 0.0525. The Kier molecular flexibility index (Phi) is 6.05. The van der Waals surface area contributed by atoms with E-state index in [2.05, 4.69) is 15.9 Å². The molecule has 1 aromatic carbocycles. The van der Waals surface area contributed by atoms with E-state index < -0.39 is 5.97 Å². The van der Waals surface area contributed by atoms with E-state index in [1.54, 1.807) is 19.1 Å². The van der Waals surface area contributed by atoms with Gasteiger partial charge in [0.15, 0.2) is 0 Å². The number of pyridine rings is 1. The summed E-state index contributed by atoms with van der Waals surface area (Å²) < 4.78 is 19.7. The zero-order chi connectivity index (χ0) is 23.1. The fourth-order valence-electron chi connectivity index (χ4n) is 4.76. The number of rotatable bonds is 6. The monoisotopic (exact) mass is 528 g/mol. The van der Waals surface area contributed by atoms with Gasteiger partial charge in [-0.2, -0.15) is 0 Å². The van der Waals surface area contributed by atoms with E-state index in [1.165, 1.54) is 23.5 Å². The number of hydrogen-bond donors (Lipinski definition) is 0. The lowest BCUT2D eigenvalue weighted by atomic mass is 9.93. The van der Waals surface area contributed by atoms with Gasteiger partial charge in [-0.25, -0.2) is 9.18 Å². The molecule has 5 nitrogen and oxygen atoms in total. The molecular formula is C25H22BrFN2O3S. The first-order chi connectivity index (χ1) is 16.0. The van der Waals surface area contributed by atoms with Crippen LogP contribution in [0.1, 0.15) is 63.5 Å². The second-order valence-electron chi connectivity index (χ2n) is 8.20. The average molecular weight is 529 g/mol. The molecule has 2 aromatic heterocycles. The van der Waals surface area contributed by atoms with Crippen molar-refractivity contribution in [1.82, 2.24) is 9.88 Å². The molecule has 0 radical (unpaired) electrons. The van der Waals surface area contributed by atoms with Crippen LogP contribution in [-0.2, 0) is 17.6 Å². The van der Waals surface area contributed by atoms with Crippen molar-refractivity contribution in [3.63, 3.8) is 0 Å². The summed E-state index contributed by atoms with van der Waals surface area (Å²) in [5.41, 5.74) is 3.86. The van der Waals surface area contributed by atoms with Crippen molar-refractivity contribution in [1.29, 1.82) is 0 Å². The third-order valence-corrected chi connectivity index (χ3v) is 7.91. The Balaban J connectivity index is 1.69. The Morgan fingerprint density at radius 1 is 1.27 bits per heavy atom. The number of esters is 1. The average Bonchev–Trinajstić information content (AvgIpc) is 3.51. The molecule has 33 heavy (non-hydrogen) atoms. The SMILES string of the molecule is CCOC(=O)c1c(CCc2ccc(F)cc2)nc2c(c1-c1cc(Br)cs1)C(=O)N1CCC[C@@H]21. The van der Waals surface area contributed by atoms with Crippen LogP contribution in [0.4, 0.5) is 4.39 Å². The largest absolute Gasteiger partial charge is 0.462 e. The normalized spacial score (nSPS) is 16.8. The second-order valence-corrected chi connectivity index (χ2v) is 10.0. The van der Waals surface area contributed by atoms with Crippen molar-refractivity contribution in [2.24, 2.45) is 0 Å². The summed E-state index contributed by atoms with van der Waals surface area (Å²) in [6.07, 6.45) is 2.89. The quantitative estimate of drug-likeness (QED) is 0.370. The number of hydrogen-bond acceptors (Lipinski definition) is 5. The Bertz CT molecular complexity index is 1240. The first kappa shape index (κ1) is 22.2. The van der Waals surface area contributed by atoms with Gasteiger partial charge in [0.05, 0.1) is 35.2 Å². The van der Waals surface area contributed by atoms with E-state index in [9.17, 15) is 14.0 Å². The Morgan fingerprint density at radius 2 is 2.06 bits per heavy atom. The Labute approximate surface area is 203 Å². The summed E-state index contributed by atoms with van der Waals surface area (Å²) in [6.45, 7) is 2.69. The van der Waals surface area contributed by atoms with Crippen molar-refractivity contribution >= 4 is 39.1 Å². The third-order valence-electron chi connectivity index (χ3n) is 6.20. The highest BCUT2D eigenvalue weighted by molar-refractivity contribution is 9.10. The first-order valence-electron chi connectivity index (χ1n) is 11.0. The van der Waals surface area contributed by atoms with Gasteiger partial charge in [-0.1, -0.05) is 12.1 Å². The molecule has 1 atom stereocenters. The molecule has 5 rings (SSSR count). The number of fused-ring (bicyclic) bond motifs is 3. The van der Waals surface area contributed by atoms with Crippen LogP contribution < -0.4 is 0 Å². The zero-order valence-electron chi connectivity index (χ0n) is 18.1. The molecule has 1 fully saturated rings. The fourth-order valence-corrected chi connectivity index (χ4v) is 6.24. The summed E-state index contributed by atoms with van der Waals surface area (Å²) in [4.78, 5) is 34.3. The van der Waals surface area contributed by atoms with Crippen LogP contribution >= 0.6 is 27.3 Å². The highest BCUT2D eigenvalue weighted by atomic mass is 79.9. The van der Waals surface area contributed by atoms with E-state index in [0.29, 0.717) is 41.8 Å². The molecule has 4 heterocycles. The highest BCUT2D eigenvalue weighted by Gasteiger charge is 2.45. The van der Waals surface area contributed by atoms with E-state index in [1.807, 2.05) is 16.3 Å². The molecule has 2 aliphatic rings. The highest BCUT2D eigenvalue weighted by Crippen LogP contribution is 2.47. The van der Waals surface area contributed by atoms with Crippen LogP contribution in [0, 0.1) is 5.82 Å². The van der Waals surface area contributed by atoms with E-state index in [-0.39, 0.29) is 24.4 Å². The van der Waals surface area contributed by atoms with Gasteiger partial charge in [0, 0.05) is 26.8 Å². The number of carbonyl (C=O) groups excluding carboxylic acids is 2. The van der Waals surface area contributed by atoms with Crippen LogP contribution in [-0.4, -0.2) is 34.9 Å². The minimum atomic E-state index is -0.471. The van der Waals surface area contributed by atoms with Gasteiger partial charge in [0.25, 0.3) is 5.91 Å². The molecule has 0 unspecified atom stereocenters. The van der Waals surface area contributed by atoms with Gasteiger partial charge in [0.2, 0.25) is 0 Å². The minimum absolute atomic E-state index is 0.0459. The lowest BCUT2D eigenvalue weighted by Crippen LogP contribution is -2.23. The predicted molar refractivity (Wildman–Crippen MR) is 128 cm³/mol. The molecule has 1 saturated heterocycles. The van der Waals surface area contributed by atoms with Crippen molar-refractivity contribution in [2.75, 3.05) is 13.2 Å². The number of aryl methyl sites for hydroxylation is 2. The smallest absolute Gasteiger partial charge is 0.340 e. The number of carbonyl (C=O) groups is 2. The molecule has 3 aromatic rings. The molecule has 0 bridgehead atoms. The lowest BCUT2D eigenvalue weighted by Gasteiger charge is -2.17. The summed E-state index contributed by atoms with van der Waals surface area (Å²) in [7, 11) is 0. The van der Waals surface area contributed by atoms with E-state index in [4.69, 9.17) is 9.72 Å². The topological polar surface area (TPSA) is 59.5 Å². The standard InChI is InChI=1S/C25H22BrFN2O3S/c1-2-32-25(31)20-17(10-7-14-5-8-16(27)9-6-14)28-23-18-4-3-11-29(18)24(30)22(23)21(20)19-12-15(26)13-33-19/h5-6,8-9,12-13,18H,2-4,7,10-11H2,1H3/t18-/m0/s1. The zero-order valence-corrected chi connectivity index (χ0v) is 20.5. The van der Waals surface area contributed by atoms with Crippen molar-refractivity contribution in [3.8, 4) is 10.4 Å². The van der Waals surface area contributed by atoms with Crippen LogP contribution in [0.5, 0.6) is 0 Å². The second kappa shape index (κ2) is 8.99. The number of nitrogens with zero attached hydrogens (tertiary/aromatic N) is 2. The van der Waals surface area contributed by atoms with Gasteiger partial charge in [-0.3, -0.25) is 9.78 Å². The molecule has 0 spiro atoms. The van der Waals surface area contributed by atoms with Gasteiger partial charge >= 0.3 is 5.97 Å². The maximum absolute atomic E-state index is 13.4. The molecule has 0 N–H and O–H groups in total. The number of halogens is 2. The van der Waals surface area contributed by atoms with Gasteiger partial charge in [-0.05, 0) is 72.3 Å². The summed E-state index contributed by atoms with van der Waals surface area (Å²) in [5.74, 6) is -0.816. The summed E-state index contributed by atoms with van der Waals surface area (Å²) in [5, 5.41) is 1.94. The van der Waals surface area contributed by atoms with E-state index >= 15 is 0 Å². The fraction of sp³-hybridized carbons (Fsp3) is 0.320. The van der Waals surface area contributed by atoms with Crippen LogP contribution in [0.25, 0.3) is 10.4 Å². The van der Waals surface area contributed by atoms with Gasteiger partial charge in [-0.15, -0.1) is 11.3 Å². The Morgan fingerprint density at radius 3 is 2.76 bits per heavy atom. The number of aromatic nitrogens is 1. The van der Waals surface area contributed by atoms with Crippen molar-refractivity contribution in [3.05, 3.63) is 74.1 Å². The number of benzene rings is 1. The van der Waals surface area contributed by atoms with Crippen LogP contribution in [0.15, 0.2) is 40.2 Å². The van der Waals surface area contributed by atoms with E-state index in [0.717, 1.165) is 33.4 Å². The van der Waals surface area contributed by atoms with Gasteiger partial charge in [0.1, 0.15) is 5.82 Å². The third kappa shape index (κ3) is 3.99. The molecular weight excluding hydrogens is 507 g/mol. The Hall–Kier alpha value is -2.58. The summed E-state index contributed by atoms with van der Waals surface area (Å²) >= 11 is 4.98. The molecule has 170 valence electrons. The molecule has 8 heteroatoms. The molecule has 1 amide bonds. The first-order valence-corrected chi connectivity index (χ1v) is 12.7. The van der Waals surface area contributed by atoms with Gasteiger partial charge < -0.3 is 9.64 Å². The van der Waals surface area contributed by atoms with Crippen molar-refractivity contribution < 1.29 is 18.7 Å².